The van der Waals surface area contributed by atoms with Gasteiger partial charge in [0, 0.05) is 31.1 Å². The summed E-state index contributed by atoms with van der Waals surface area (Å²) in [4.78, 5) is 17.1. The molecule has 1 N–H and O–H groups in total. The number of carbonyl (C=O) groups excluding carboxylic acids is 1. The van der Waals surface area contributed by atoms with E-state index in [0.717, 1.165) is 69.9 Å². The lowest BCUT2D eigenvalue weighted by Gasteiger charge is -2.36. The van der Waals surface area contributed by atoms with Gasteiger partial charge in [0.2, 0.25) is 5.91 Å². The van der Waals surface area contributed by atoms with Gasteiger partial charge < -0.3 is 10.0 Å². The molecule has 4 heteroatoms. The summed E-state index contributed by atoms with van der Waals surface area (Å²) in [6.45, 7) is 6.81. The first kappa shape index (κ1) is 16.3. The Morgan fingerprint density at radius 2 is 1.74 bits per heavy atom. The van der Waals surface area contributed by atoms with E-state index in [9.17, 15) is 9.90 Å². The molecule has 4 nitrogen and oxygen atoms in total. The molecule has 0 atom stereocenters. The number of piperidine rings is 2. The molecule has 0 bridgehead atoms. The largest absolute Gasteiger partial charge is 0.508 e. The highest BCUT2D eigenvalue weighted by atomic mass is 16.3. The van der Waals surface area contributed by atoms with Crippen molar-refractivity contribution in [2.24, 2.45) is 11.8 Å². The summed E-state index contributed by atoms with van der Waals surface area (Å²) < 4.78 is 0. The fraction of sp³-hybridized carbons (Fsp3) is 0.632. The van der Waals surface area contributed by atoms with Crippen molar-refractivity contribution in [1.29, 1.82) is 0 Å². The summed E-state index contributed by atoms with van der Waals surface area (Å²) in [5.74, 6) is 1.70. The lowest BCUT2D eigenvalue weighted by molar-refractivity contribution is -0.138. The minimum absolute atomic E-state index is 0.198. The van der Waals surface area contributed by atoms with Crippen LogP contribution in [0.4, 0.5) is 0 Å². The van der Waals surface area contributed by atoms with Crippen LogP contribution >= 0.6 is 0 Å². The molecular formula is C19H28N2O2. The van der Waals surface area contributed by atoms with Crippen molar-refractivity contribution < 1.29 is 9.90 Å². The Kier molecular flexibility index (Phi) is 5.21. The molecule has 0 aliphatic carbocycles. The van der Waals surface area contributed by atoms with Crippen molar-refractivity contribution in [3.05, 3.63) is 29.8 Å². The number of aromatic hydroxyl groups is 1. The maximum atomic E-state index is 12.6. The van der Waals surface area contributed by atoms with Crippen molar-refractivity contribution in [3.63, 3.8) is 0 Å². The number of amides is 1. The first-order valence-electron chi connectivity index (χ1n) is 8.91. The molecule has 0 spiro atoms. The van der Waals surface area contributed by atoms with Crippen LogP contribution in [-0.2, 0) is 11.3 Å². The van der Waals surface area contributed by atoms with Crippen molar-refractivity contribution in [2.75, 3.05) is 26.2 Å². The fourth-order valence-corrected chi connectivity index (χ4v) is 3.71. The molecule has 23 heavy (non-hydrogen) atoms. The van der Waals surface area contributed by atoms with E-state index in [4.69, 9.17) is 0 Å². The van der Waals surface area contributed by atoms with E-state index in [1.54, 1.807) is 6.07 Å². The van der Waals surface area contributed by atoms with Gasteiger partial charge >= 0.3 is 0 Å². The summed E-state index contributed by atoms with van der Waals surface area (Å²) in [6.07, 6.45) is 4.19. The Morgan fingerprint density at radius 3 is 2.39 bits per heavy atom. The van der Waals surface area contributed by atoms with Gasteiger partial charge in [0.15, 0.2) is 0 Å². The lowest BCUT2D eigenvalue weighted by Crippen LogP contribution is -2.45. The van der Waals surface area contributed by atoms with E-state index in [1.165, 1.54) is 0 Å². The maximum Gasteiger partial charge on any atom is 0.225 e. The molecule has 0 aromatic heterocycles. The molecule has 0 saturated carbocycles. The highest BCUT2D eigenvalue weighted by Gasteiger charge is 2.30. The second-order valence-corrected chi connectivity index (χ2v) is 7.19. The van der Waals surface area contributed by atoms with E-state index in [-0.39, 0.29) is 5.92 Å². The molecule has 0 radical (unpaired) electrons. The van der Waals surface area contributed by atoms with Crippen LogP contribution in [0.1, 0.15) is 38.2 Å². The van der Waals surface area contributed by atoms with Crippen LogP contribution in [-0.4, -0.2) is 47.0 Å². The van der Waals surface area contributed by atoms with E-state index >= 15 is 0 Å². The number of hydrogen-bond acceptors (Lipinski definition) is 3. The predicted octanol–water partition coefficient (Wildman–Crippen LogP) is 2.86. The Hall–Kier alpha value is -1.55. The summed E-state index contributed by atoms with van der Waals surface area (Å²) in [5, 5.41) is 9.89. The summed E-state index contributed by atoms with van der Waals surface area (Å²) >= 11 is 0. The number of carbonyl (C=O) groups is 1. The van der Waals surface area contributed by atoms with Gasteiger partial charge in [0.1, 0.15) is 5.75 Å². The summed E-state index contributed by atoms with van der Waals surface area (Å²) in [6, 6.07) is 7.52. The summed E-state index contributed by atoms with van der Waals surface area (Å²) in [7, 11) is 0. The van der Waals surface area contributed by atoms with E-state index in [0.29, 0.717) is 11.7 Å². The Morgan fingerprint density at radius 1 is 1.09 bits per heavy atom. The van der Waals surface area contributed by atoms with E-state index < -0.39 is 0 Å². The third-order valence-electron chi connectivity index (χ3n) is 5.42. The van der Waals surface area contributed by atoms with Crippen LogP contribution in [0.5, 0.6) is 5.75 Å². The first-order chi connectivity index (χ1) is 11.1. The molecule has 2 aliphatic rings. The Balaban J connectivity index is 1.48. The number of phenolic OH excluding ortho intramolecular Hbond substituents is 1. The zero-order valence-electron chi connectivity index (χ0n) is 14.1. The molecular weight excluding hydrogens is 288 g/mol. The highest BCUT2D eigenvalue weighted by Crippen LogP contribution is 2.25. The molecule has 1 aromatic carbocycles. The quantitative estimate of drug-likeness (QED) is 0.932. The summed E-state index contributed by atoms with van der Waals surface area (Å²) in [5.41, 5.74) is 0.974. The topological polar surface area (TPSA) is 43.8 Å². The molecule has 1 aromatic rings. The molecule has 126 valence electrons. The van der Waals surface area contributed by atoms with Crippen LogP contribution in [0.25, 0.3) is 0 Å². The monoisotopic (exact) mass is 316 g/mol. The average Bonchev–Trinajstić information content (AvgIpc) is 2.58. The molecule has 3 rings (SSSR count). The van der Waals surface area contributed by atoms with Crippen molar-refractivity contribution in [2.45, 2.75) is 39.2 Å². The van der Waals surface area contributed by atoms with Crippen LogP contribution in [0.15, 0.2) is 24.3 Å². The number of nitrogens with zero attached hydrogens (tertiary/aromatic N) is 2. The smallest absolute Gasteiger partial charge is 0.225 e. The van der Waals surface area contributed by atoms with E-state index in [2.05, 4.69) is 16.7 Å². The van der Waals surface area contributed by atoms with Gasteiger partial charge in [-0.05, 0) is 50.8 Å². The molecule has 0 unspecified atom stereocenters. The van der Waals surface area contributed by atoms with Gasteiger partial charge in [-0.25, -0.2) is 0 Å². The van der Waals surface area contributed by atoms with Crippen molar-refractivity contribution >= 4 is 5.91 Å². The Bertz CT molecular complexity index is 530. The lowest BCUT2D eigenvalue weighted by atomic mass is 9.92. The number of para-hydroxylation sites is 1. The third kappa shape index (κ3) is 4.05. The highest BCUT2D eigenvalue weighted by molar-refractivity contribution is 5.79. The number of rotatable bonds is 3. The number of phenols is 1. The predicted molar refractivity (Wildman–Crippen MR) is 91.1 cm³/mol. The minimum Gasteiger partial charge on any atom is -0.508 e. The van der Waals surface area contributed by atoms with Crippen LogP contribution in [0, 0.1) is 11.8 Å². The minimum atomic E-state index is 0.198. The van der Waals surface area contributed by atoms with Crippen molar-refractivity contribution in [1.82, 2.24) is 9.80 Å². The van der Waals surface area contributed by atoms with Gasteiger partial charge in [0.25, 0.3) is 0 Å². The SMILES string of the molecule is CC1CCN(C(=O)C2CCN(Cc3ccccc3O)CC2)CC1. The number of benzene rings is 1. The average molecular weight is 316 g/mol. The molecule has 2 fully saturated rings. The van der Waals surface area contributed by atoms with Crippen molar-refractivity contribution in [3.8, 4) is 5.75 Å². The second kappa shape index (κ2) is 7.35. The molecule has 2 heterocycles. The zero-order chi connectivity index (χ0) is 16.2. The van der Waals surface area contributed by atoms with Crippen LogP contribution in [0.3, 0.4) is 0 Å². The zero-order valence-corrected chi connectivity index (χ0v) is 14.1. The standard InChI is InChI=1S/C19H28N2O2/c1-15-6-12-21(13-7-15)19(23)16-8-10-20(11-9-16)14-17-4-2-3-5-18(17)22/h2-5,15-16,22H,6-14H2,1H3. The van der Waals surface area contributed by atoms with Gasteiger partial charge in [-0.2, -0.15) is 0 Å². The van der Waals surface area contributed by atoms with Gasteiger partial charge in [-0.15, -0.1) is 0 Å². The molecule has 2 saturated heterocycles. The van der Waals surface area contributed by atoms with Gasteiger partial charge in [-0.1, -0.05) is 25.1 Å². The third-order valence-corrected chi connectivity index (χ3v) is 5.42. The molecule has 1 amide bonds. The number of hydrogen-bond donors (Lipinski definition) is 1. The maximum absolute atomic E-state index is 12.6. The van der Waals surface area contributed by atoms with Gasteiger partial charge in [-0.3, -0.25) is 9.69 Å². The van der Waals surface area contributed by atoms with Crippen LogP contribution < -0.4 is 0 Å². The van der Waals surface area contributed by atoms with E-state index in [1.807, 2.05) is 18.2 Å². The van der Waals surface area contributed by atoms with Gasteiger partial charge in [0.05, 0.1) is 0 Å². The Labute approximate surface area is 139 Å². The normalized spacial score (nSPS) is 21.5. The number of likely N-dealkylation sites (tertiary alicyclic amines) is 2. The second-order valence-electron chi connectivity index (χ2n) is 7.19. The first-order valence-corrected chi connectivity index (χ1v) is 8.91. The fourth-order valence-electron chi connectivity index (χ4n) is 3.71. The molecule has 2 aliphatic heterocycles. The van der Waals surface area contributed by atoms with Crippen LogP contribution in [0.2, 0.25) is 0 Å².